The van der Waals surface area contributed by atoms with Crippen molar-refractivity contribution in [3.8, 4) is 5.75 Å². The summed E-state index contributed by atoms with van der Waals surface area (Å²) < 4.78 is 5.96. The monoisotopic (exact) mass is 391 g/mol. The van der Waals surface area contributed by atoms with Gasteiger partial charge < -0.3 is 10.1 Å². The molecule has 128 valence electrons. The Morgan fingerprint density at radius 1 is 1.33 bits per heavy atom. The molecule has 1 heterocycles. The second kappa shape index (κ2) is 6.97. The number of ether oxygens (including phenoxy) is 1. The van der Waals surface area contributed by atoms with Gasteiger partial charge in [0.2, 0.25) is 0 Å². The standard InChI is InChI=1S/C18H22BrN3O2/c1-10(2)15-14(19)17(22-21-15)18(23)20-16(11-4-5-11)12-6-8-13(24-3)9-7-12/h6-11,16H,4-5H2,1-3H3,(H,20,23)(H,21,22). The number of H-pyrrole nitrogens is 1. The van der Waals surface area contributed by atoms with Gasteiger partial charge >= 0.3 is 0 Å². The zero-order valence-electron chi connectivity index (χ0n) is 14.1. The molecule has 2 N–H and O–H groups in total. The van der Waals surface area contributed by atoms with Gasteiger partial charge in [0.05, 0.1) is 23.3 Å². The number of rotatable bonds is 6. The third-order valence-corrected chi connectivity index (χ3v) is 5.18. The van der Waals surface area contributed by atoms with Crippen molar-refractivity contribution in [1.82, 2.24) is 15.5 Å². The molecule has 0 spiro atoms. The van der Waals surface area contributed by atoms with E-state index in [9.17, 15) is 4.79 Å². The Balaban J connectivity index is 1.79. The smallest absolute Gasteiger partial charge is 0.273 e. The lowest BCUT2D eigenvalue weighted by Crippen LogP contribution is -2.30. The molecule has 1 aromatic carbocycles. The van der Waals surface area contributed by atoms with Crippen LogP contribution >= 0.6 is 15.9 Å². The SMILES string of the molecule is COc1ccc(C(NC(=O)c2n[nH]c(C(C)C)c2Br)C2CC2)cc1. The summed E-state index contributed by atoms with van der Waals surface area (Å²) in [6.45, 7) is 4.12. The van der Waals surface area contributed by atoms with Crippen LogP contribution < -0.4 is 10.1 Å². The van der Waals surface area contributed by atoms with Crippen LogP contribution in [0.3, 0.4) is 0 Å². The molecule has 1 atom stereocenters. The quantitative estimate of drug-likeness (QED) is 0.775. The van der Waals surface area contributed by atoms with Crippen molar-refractivity contribution in [2.45, 2.75) is 38.6 Å². The molecule has 1 aliphatic carbocycles. The maximum atomic E-state index is 12.7. The molecule has 1 aliphatic rings. The minimum atomic E-state index is -0.155. The lowest BCUT2D eigenvalue weighted by atomic mass is 10.0. The molecule has 1 saturated carbocycles. The van der Waals surface area contributed by atoms with E-state index in [0.29, 0.717) is 11.6 Å². The number of methoxy groups -OCH3 is 1. The van der Waals surface area contributed by atoms with Crippen LogP contribution in [0.1, 0.15) is 60.4 Å². The van der Waals surface area contributed by atoms with Gasteiger partial charge in [-0.3, -0.25) is 9.89 Å². The summed E-state index contributed by atoms with van der Waals surface area (Å²) in [5, 5.41) is 10.3. The number of carbonyl (C=O) groups is 1. The predicted octanol–water partition coefficient (Wildman–Crippen LogP) is 4.19. The number of nitrogens with one attached hydrogen (secondary N) is 2. The van der Waals surface area contributed by atoms with Gasteiger partial charge in [-0.25, -0.2) is 0 Å². The van der Waals surface area contributed by atoms with Gasteiger partial charge in [0, 0.05) is 0 Å². The van der Waals surface area contributed by atoms with Crippen LogP contribution in [0.2, 0.25) is 0 Å². The Kier molecular flexibility index (Phi) is 4.94. The summed E-state index contributed by atoms with van der Waals surface area (Å²) in [6.07, 6.45) is 2.27. The Morgan fingerprint density at radius 3 is 2.50 bits per heavy atom. The molecule has 1 unspecified atom stereocenters. The summed E-state index contributed by atoms with van der Waals surface area (Å²) in [6, 6.07) is 7.90. The number of aromatic amines is 1. The Hall–Kier alpha value is -1.82. The fourth-order valence-electron chi connectivity index (χ4n) is 2.80. The zero-order chi connectivity index (χ0) is 17.3. The molecule has 3 rings (SSSR count). The summed E-state index contributed by atoms with van der Waals surface area (Å²) in [4.78, 5) is 12.7. The van der Waals surface area contributed by atoms with Crippen molar-refractivity contribution < 1.29 is 9.53 Å². The van der Waals surface area contributed by atoms with Crippen LogP contribution in [0.25, 0.3) is 0 Å². The molecular weight excluding hydrogens is 370 g/mol. The maximum Gasteiger partial charge on any atom is 0.273 e. The average molecular weight is 392 g/mol. The van der Waals surface area contributed by atoms with Crippen molar-refractivity contribution in [1.29, 1.82) is 0 Å². The number of carbonyl (C=O) groups excluding carboxylic acids is 1. The molecular formula is C18H22BrN3O2. The minimum absolute atomic E-state index is 0.00880. The summed E-state index contributed by atoms with van der Waals surface area (Å²) in [5.41, 5.74) is 2.45. The lowest BCUT2D eigenvalue weighted by Gasteiger charge is -2.18. The van der Waals surface area contributed by atoms with E-state index in [1.807, 2.05) is 24.3 Å². The van der Waals surface area contributed by atoms with Crippen LogP contribution in [0.4, 0.5) is 0 Å². The highest BCUT2D eigenvalue weighted by atomic mass is 79.9. The van der Waals surface area contributed by atoms with Crippen molar-refractivity contribution in [2.75, 3.05) is 7.11 Å². The van der Waals surface area contributed by atoms with Crippen LogP contribution in [0, 0.1) is 5.92 Å². The minimum Gasteiger partial charge on any atom is -0.497 e. The molecule has 1 aromatic heterocycles. The molecule has 2 aromatic rings. The topological polar surface area (TPSA) is 67.0 Å². The first kappa shape index (κ1) is 17.0. The largest absolute Gasteiger partial charge is 0.497 e. The third-order valence-electron chi connectivity index (χ3n) is 4.38. The number of hydrogen-bond acceptors (Lipinski definition) is 3. The first-order valence-corrected chi connectivity index (χ1v) is 8.99. The van der Waals surface area contributed by atoms with Gasteiger partial charge in [0.25, 0.3) is 5.91 Å². The fraction of sp³-hybridized carbons (Fsp3) is 0.444. The highest BCUT2D eigenvalue weighted by molar-refractivity contribution is 9.10. The fourth-order valence-corrected chi connectivity index (χ4v) is 3.61. The van der Waals surface area contributed by atoms with Crippen molar-refractivity contribution in [3.05, 3.63) is 45.7 Å². The number of hydrogen-bond donors (Lipinski definition) is 2. The van der Waals surface area contributed by atoms with Crippen molar-refractivity contribution >= 4 is 21.8 Å². The molecule has 6 heteroatoms. The van der Waals surface area contributed by atoms with Crippen LogP contribution in [0.15, 0.2) is 28.7 Å². The molecule has 0 radical (unpaired) electrons. The van der Waals surface area contributed by atoms with E-state index in [2.05, 4.69) is 45.3 Å². The molecule has 0 saturated heterocycles. The average Bonchev–Trinajstić information content (AvgIpc) is 3.34. The number of nitrogens with zero attached hydrogens (tertiary/aromatic N) is 1. The second-order valence-corrected chi connectivity index (χ2v) is 7.31. The second-order valence-electron chi connectivity index (χ2n) is 6.52. The molecule has 5 nitrogen and oxygen atoms in total. The molecule has 1 amide bonds. The van der Waals surface area contributed by atoms with E-state index in [1.165, 1.54) is 0 Å². The number of benzene rings is 1. The van der Waals surface area contributed by atoms with Gasteiger partial charge in [-0.15, -0.1) is 0 Å². The maximum absolute atomic E-state index is 12.7. The summed E-state index contributed by atoms with van der Waals surface area (Å²) in [5.74, 6) is 1.42. The molecule has 1 fully saturated rings. The molecule has 24 heavy (non-hydrogen) atoms. The van der Waals surface area contributed by atoms with Gasteiger partial charge in [-0.1, -0.05) is 26.0 Å². The van der Waals surface area contributed by atoms with E-state index >= 15 is 0 Å². The number of aromatic nitrogens is 2. The normalized spacial score (nSPS) is 15.4. The van der Waals surface area contributed by atoms with Gasteiger partial charge in [-0.2, -0.15) is 5.10 Å². The highest BCUT2D eigenvalue weighted by Gasteiger charge is 2.34. The van der Waals surface area contributed by atoms with Crippen LogP contribution in [-0.4, -0.2) is 23.2 Å². The van der Waals surface area contributed by atoms with Crippen molar-refractivity contribution in [2.24, 2.45) is 5.92 Å². The van der Waals surface area contributed by atoms with Gasteiger partial charge in [-0.05, 0) is 58.3 Å². The lowest BCUT2D eigenvalue weighted by molar-refractivity contribution is 0.0926. The zero-order valence-corrected chi connectivity index (χ0v) is 15.7. The van der Waals surface area contributed by atoms with Gasteiger partial charge in [0.1, 0.15) is 5.75 Å². The summed E-state index contributed by atoms with van der Waals surface area (Å²) in [7, 11) is 1.65. The van der Waals surface area contributed by atoms with Gasteiger partial charge in [0.15, 0.2) is 5.69 Å². The Bertz CT molecular complexity index is 720. The van der Waals surface area contributed by atoms with Crippen LogP contribution in [0.5, 0.6) is 5.75 Å². The van der Waals surface area contributed by atoms with E-state index in [1.54, 1.807) is 7.11 Å². The molecule has 0 aliphatic heterocycles. The summed E-state index contributed by atoms with van der Waals surface area (Å²) >= 11 is 3.50. The number of halogens is 1. The van der Waals surface area contributed by atoms with E-state index in [-0.39, 0.29) is 17.9 Å². The van der Waals surface area contributed by atoms with Crippen molar-refractivity contribution in [3.63, 3.8) is 0 Å². The third kappa shape index (κ3) is 3.48. The van der Waals surface area contributed by atoms with E-state index < -0.39 is 0 Å². The van der Waals surface area contributed by atoms with E-state index in [0.717, 1.165) is 34.3 Å². The Morgan fingerprint density at radius 2 is 2.00 bits per heavy atom. The van der Waals surface area contributed by atoms with Crippen LogP contribution in [-0.2, 0) is 0 Å². The predicted molar refractivity (Wildman–Crippen MR) is 96.3 cm³/mol. The first-order valence-electron chi connectivity index (χ1n) is 8.19. The van der Waals surface area contributed by atoms with E-state index in [4.69, 9.17) is 4.74 Å². The number of amides is 1. The molecule has 0 bridgehead atoms. The highest BCUT2D eigenvalue weighted by Crippen LogP contribution is 2.41. The first-order chi connectivity index (χ1) is 11.5. The Labute approximate surface area is 150 Å².